The van der Waals surface area contributed by atoms with Gasteiger partial charge in [0.25, 0.3) is 0 Å². The summed E-state index contributed by atoms with van der Waals surface area (Å²) in [6.07, 6.45) is 77.6. The van der Waals surface area contributed by atoms with Gasteiger partial charge in [-0.3, -0.25) is 4.79 Å². The SMILES string of the molecule is CC/C=C\C/C=C\C/C=C\C/C=C\CCCCCCCCCCCCCCCCCCCCCCCCCCC(=O)NC(COC1OC(CO)C(O)C(O)C1O)C(O)CCCCCCCCCCCCCCCCCCCCCCCC. The number of ether oxygens (including phenoxy) is 2. The fourth-order valence-corrected chi connectivity index (χ4v) is 11.6. The fourth-order valence-electron chi connectivity index (χ4n) is 11.6. The molecule has 9 heteroatoms. The van der Waals surface area contributed by atoms with Crippen molar-refractivity contribution in [1.29, 1.82) is 0 Å². The third kappa shape index (κ3) is 50.3. The lowest BCUT2D eigenvalue weighted by Gasteiger charge is -2.40. The number of amides is 1. The number of unbranched alkanes of at least 4 members (excludes halogenated alkanes) is 45. The molecular formula is C73H137NO8. The Balaban J connectivity index is 2.06. The van der Waals surface area contributed by atoms with Gasteiger partial charge in [0.2, 0.25) is 5.91 Å². The number of aliphatic hydroxyl groups excluding tert-OH is 5. The highest BCUT2D eigenvalue weighted by atomic mass is 16.7. The van der Waals surface area contributed by atoms with Gasteiger partial charge in [-0.25, -0.2) is 0 Å². The zero-order chi connectivity index (χ0) is 59.3. The van der Waals surface area contributed by atoms with Gasteiger partial charge in [0.05, 0.1) is 25.4 Å². The first-order chi connectivity index (χ1) is 40.3. The lowest BCUT2D eigenvalue weighted by Crippen LogP contribution is -2.60. The van der Waals surface area contributed by atoms with Crippen LogP contribution in [0.2, 0.25) is 0 Å². The molecule has 1 aliphatic rings. The Labute approximate surface area is 507 Å². The van der Waals surface area contributed by atoms with Crippen molar-refractivity contribution in [1.82, 2.24) is 5.32 Å². The van der Waals surface area contributed by atoms with Crippen molar-refractivity contribution < 1.29 is 39.8 Å². The minimum absolute atomic E-state index is 0.133. The van der Waals surface area contributed by atoms with Crippen LogP contribution < -0.4 is 5.32 Å². The third-order valence-electron chi connectivity index (χ3n) is 17.2. The monoisotopic (exact) mass is 1160 g/mol. The molecule has 482 valence electrons. The summed E-state index contributed by atoms with van der Waals surface area (Å²) in [5, 5.41) is 54.9. The number of rotatable bonds is 63. The molecule has 0 aromatic heterocycles. The molecule has 1 heterocycles. The van der Waals surface area contributed by atoms with Crippen molar-refractivity contribution in [2.24, 2.45) is 0 Å². The second kappa shape index (κ2) is 62.2. The molecule has 0 bridgehead atoms. The molecule has 7 unspecified atom stereocenters. The average molecular weight is 1160 g/mol. The summed E-state index contributed by atoms with van der Waals surface area (Å²) < 4.78 is 11.4. The Kier molecular flexibility index (Phi) is 59.3. The predicted octanol–water partition coefficient (Wildman–Crippen LogP) is 19.6. The molecule has 1 saturated heterocycles. The van der Waals surface area contributed by atoms with Crippen molar-refractivity contribution in [3.63, 3.8) is 0 Å². The molecule has 9 nitrogen and oxygen atoms in total. The van der Waals surface area contributed by atoms with E-state index in [1.54, 1.807) is 0 Å². The van der Waals surface area contributed by atoms with Gasteiger partial charge in [-0.2, -0.15) is 0 Å². The summed E-state index contributed by atoms with van der Waals surface area (Å²) in [4.78, 5) is 13.2. The van der Waals surface area contributed by atoms with E-state index in [0.717, 1.165) is 64.2 Å². The van der Waals surface area contributed by atoms with Crippen LogP contribution in [0.15, 0.2) is 48.6 Å². The highest BCUT2D eigenvalue weighted by molar-refractivity contribution is 5.76. The minimum Gasteiger partial charge on any atom is -0.394 e. The van der Waals surface area contributed by atoms with E-state index in [4.69, 9.17) is 9.47 Å². The van der Waals surface area contributed by atoms with E-state index >= 15 is 0 Å². The Morgan fingerprint density at radius 1 is 0.427 bits per heavy atom. The van der Waals surface area contributed by atoms with Crippen LogP contribution >= 0.6 is 0 Å². The number of hydrogen-bond acceptors (Lipinski definition) is 8. The Morgan fingerprint density at radius 2 is 0.756 bits per heavy atom. The van der Waals surface area contributed by atoms with E-state index in [2.05, 4.69) is 67.8 Å². The van der Waals surface area contributed by atoms with Crippen molar-refractivity contribution in [3.8, 4) is 0 Å². The van der Waals surface area contributed by atoms with E-state index in [1.165, 1.54) is 263 Å². The standard InChI is InChI=1S/C73H137NO8/c1-3-5-7-9-11-13-15-17-19-21-23-25-27-28-29-30-31-32-33-34-35-36-37-38-39-40-41-43-45-47-49-51-53-55-57-59-61-63-69(77)74-66(65-81-73-72(80)71(79)70(78)68(64-75)82-73)67(76)62-60-58-56-54-52-50-48-46-44-42-26-24-22-20-18-16-14-12-10-8-6-4-2/h5,7,11,13,17,19,23,25,66-68,70-73,75-76,78-80H,3-4,6,8-10,12,14-16,18,20-22,24,26-65H2,1-2H3,(H,74,77)/b7-5-,13-11-,19-17-,25-23-. The van der Waals surface area contributed by atoms with Crippen LogP contribution in [-0.4, -0.2) is 87.5 Å². The lowest BCUT2D eigenvalue weighted by atomic mass is 9.99. The molecule has 0 aromatic carbocycles. The molecular weight excluding hydrogens is 1020 g/mol. The maximum Gasteiger partial charge on any atom is 0.220 e. The van der Waals surface area contributed by atoms with E-state index in [0.29, 0.717) is 12.8 Å². The number of carbonyl (C=O) groups excluding carboxylic acids is 1. The first-order valence-corrected chi connectivity index (χ1v) is 35.8. The van der Waals surface area contributed by atoms with E-state index in [-0.39, 0.29) is 12.5 Å². The molecule has 0 aromatic rings. The van der Waals surface area contributed by atoms with Crippen LogP contribution in [0.5, 0.6) is 0 Å². The van der Waals surface area contributed by atoms with Gasteiger partial charge in [0.1, 0.15) is 24.4 Å². The molecule has 0 spiro atoms. The summed E-state index contributed by atoms with van der Waals surface area (Å²) in [5.74, 6) is -0.136. The highest BCUT2D eigenvalue weighted by Crippen LogP contribution is 2.24. The number of aliphatic hydroxyl groups is 5. The number of nitrogens with one attached hydrogen (secondary N) is 1. The largest absolute Gasteiger partial charge is 0.394 e. The predicted molar refractivity (Wildman–Crippen MR) is 350 cm³/mol. The van der Waals surface area contributed by atoms with Gasteiger partial charge in [-0.05, 0) is 51.4 Å². The molecule has 0 radical (unpaired) electrons. The van der Waals surface area contributed by atoms with Crippen molar-refractivity contribution in [2.75, 3.05) is 13.2 Å². The molecule has 1 aliphatic heterocycles. The Bertz CT molecular complexity index is 1430. The van der Waals surface area contributed by atoms with Crippen LogP contribution in [0.4, 0.5) is 0 Å². The minimum atomic E-state index is -1.55. The Hall–Kier alpha value is -1.85. The van der Waals surface area contributed by atoms with Crippen LogP contribution in [0, 0.1) is 0 Å². The van der Waals surface area contributed by atoms with Crippen LogP contribution in [0.3, 0.4) is 0 Å². The normalized spacial score (nSPS) is 18.5. The van der Waals surface area contributed by atoms with Crippen molar-refractivity contribution in [3.05, 3.63) is 48.6 Å². The second-order valence-corrected chi connectivity index (χ2v) is 25.0. The second-order valence-electron chi connectivity index (χ2n) is 25.0. The summed E-state index contributed by atoms with van der Waals surface area (Å²) in [6.45, 7) is 3.78. The smallest absolute Gasteiger partial charge is 0.220 e. The van der Waals surface area contributed by atoms with Crippen LogP contribution in [0.1, 0.15) is 354 Å². The Morgan fingerprint density at radius 3 is 1.12 bits per heavy atom. The van der Waals surface area contributed by atoms with Crippen LogP contribution in [0.25, 0.3) is 0 Å². The first kappa shape index (κ1) is 78.2. The average Bonchev–Trinajstić information content (AvgIpc) is 3.59. The summed E-state index contributed by atoms with van der Waals surface area (Å²) in [7, 11) is 0. The third-order valence-corrected chi connectivity index (χ3v) is 17.2. The van der Waals surface area contributed by atoms with E-state index in [9.17, 15) is 30.3 Å². The molecule has 6 N–H and O–H groups in total. The number of allylic oxidation sites excluding steroid dienone is 8. The zero-order valence-electron chi connectivity index (χ0n) is 54.0. The summed E-state index contributed by atoms with van der Waals surface area (Å²) in [5.41, 5.74) is 0. The lowest BCUT2D eigenvalue weighted by molar-refractivity contribution is -0.302. The maximum atomic E-state index is 13.2. The molecule has 1 amide bonds. The van der Waals surface area contributed by atoms with E-state index < -0.39 is 49.5 Å². The maximum absolute atomic E-state index is 13.2. The van der Waals surface area contributed by atoms with Crippen molar-refractivity contribution in [2.45, 2.75) is 397 Å². The summed E-state index contributed by atoms with van der Waals surface area (Å²) >= 11 is 0. The zero-order valence-corrected chi connectivity index (χ0v) is 54.0. The fraction of sp³-hybridized carbons (Fsp3) is 0.877. The first-order valence-electron chi connectivity index (χ1n) is 35.8. The molecule has 82 heavy (non-hydrogen) atoms. The highest BCUT2D eigenvalue weighted by Gasteiger charge is 2.44. The molecule has 7 atom stereocenters. The van der Waals surface area contributed by atoms with Gasteiger partial charge < -0.3 is 40.3 Å². The molecule has 1 rings (SSSR count). The molecule has 0 aliphatic carbocycles. The van der Waals surface area contributed by atoms with Gasteiger partial charge in [0.15, 0.2) is 6.29 Å². The van der Waals surface area contributed by atoms with Crippen molar-refractivity contribution >= 4 is 5.91 Å². The van der Waals surface area contributed by atoms with Crippen LogP contribution in [-0.2, 0) is 14.3 Å². The quantitative estimate of drug-likeness (QED) is 0.0261. The molecule has 1 fully saturated rings. The van der Waals surface area contributed by atoms with Gasteiger partial charge in [0, 0.05) is 6.42 Å². The van der Waals surface area contributed by atoms with Gasteiger partial charge in [-0.1, -0.05) is 345 Å². The molecule has 0 saturated carbocycles. The topological polar surface area (TPSA) is 149 Å². The van der Waals surface area contributed by atoms with E-state index in [1.807, 2.05) is 0 Å². The number of hydrogen-bond donors (Lipinski definition) is 6. The van der Waals surface area contributed by atoms with Gasteiger partial charge in [-0.15, -0.1) is 0 Å². The number of carbonyl (C=O) groups is 1. The summed E-state index contributed by atoms with van der Waals surface area (Å²) in [6, 6.07) is -0.719. The van der Waals surface area contributed by atoms with Gasteiger partial charge >= 0.3 is 0 Å².